The van der Waals surface area contributed by atoms with E-state index in [1.165, 1.54) is 28.6 Å². The summed E-state index contributed by atoms with van der Waals surface area (Å²) >= 11 is 6.11. The van der Waals surface area contributed by atoms with Crippen molar-refractivity contribution in [1.29, 1.82) is 0 Å². The Kier molecular flexibility index (Phi) is 5.01. The lowest BCUT2D eigenvalue weighted by Crippen LogP contribution is -2.28. The van der Waals surface area contributed by atoms with Gasteiger partial charge < -0.3 is 4.42 Å². The van der Waals surface area contributed by atoms with Crippen molar-refractivity contribution >= 4 is 27.4 Å². The summed E-state index contributed by atoms with van der Waals surface area (Å²) in [5.41, 5.74) is 0.677. The van der Waals surface area contributed by atoms with Gasteiger partial charge in [-0.25, -0.2) is 8.42 Å². The second-order valence-electron chi connectivity index (χ2n) is 6.36. The van der Waals surface area contributed by atoms with Gasteiger partial charge in [0.25, 0.3) is 5.89 Å². The van der Waals surface area contributed by atoms with Gasteiger partial charge in [-0.3, -0.25) is 4.79 Å². The second-order valence-corrected chi connectivity index (χ2v) is 8.71. The number of benzene rings is 2. The molecule has 0 spiro atoms. The molecule has 0 atom stereocenters. The first-order valence-corrected chi connectivity index (χ1v) is 10.5. The van der Waals surface area contributed by atoms with Crippen LogP contribution in [0.2, 0.25) is 5.02 Å². The minimum Gasteiger partial charge on any atom is -0.413 e. The molecule has 0 saturated carbocycles. The zero-order chi connectivity index (χ0) is 19.7. The molecule has 3 aromatic rings. The van der Waals surface area contributed by atoms with Crippen molar-refractivity contribution in [2.75, 3.05) is 13.1 Å². The molecular weight excluding hydrogens is 402 g/mol. The van der Waals surface area contributed by atoms with Crippen LogP contribution in [-0.4, -0.2) is 41.8 Å². The van der Waals surface area contributed by atoms with E-state index >= 15 is 0 Å². The highest BCUT2D eigenvalue weighted by Gasteiger charge is 2.28. The van der Waals surface area contributed by atoms with Gasteiger partial charge >= 0.3 is 0 Å². The van der Waals surface area contributed by atoms with Crippen LogP contribution in [-0.2, 0) is 10.0 Å². The molecule has 1 aliphatic heterocycles. The Morgan fingerprint density at radius 3 is 2.54 bits per heavy atom. The molecule has 2 heterocycles. The Morgan fingerprint density at radius 1 is 1.04 bits per heavy atom. The predicted molar refractivity (Wildman–Crippen MR) is 103 cm³/mol. The molecule has 0 amide bonds. The van der Waals surface area contributed by atoms with E-state index in [4.69, 9.17) is 16.0 Å². The smallest absolute Gasteiger partial charge is 0.289 e. The minimum absolute atomic E-state index is 0.0751. The van der Waals surface area contributed by atoms with Crippen LogP contribution >= 0.6 is 11.6 Å². The highest BCUT2D eigenvalue weighted by atomic mass is 35.5. The van der Waals surface area contributed by atoms with Crippen LogP contribution in [0.25, 0.3) is 11.5 Å². The fourth-order valence-corrected chi connectivity index (χ4v) is 4.84. The molecule has 144 valence electrons. The van der Waals surface area contributed by atoms with E-state index in [0.29, 0.717) is 23.7 Å². The molecule has 0 bridgehead atoms. The van der Waals surface area contributed by atoms with Gasteiger partial charge in [0.15, 0.2) is 0 Å². The lowest BCUT2D eigenvalue weighted by Gasteiger charge is -2.15. The molecule has 0 N–H and O–H groups in total. The lowest BCUT2D eigenvalue weighted by atomic mass is 10.1. The predicted octanol–water partition coefficient (Wildman–Crippen LogP) is 3.41. The van der Waals surface area contributed by atoms with Gasteiger partial charge in [0.2, 0.25) is 21.7 Å². The highest BCUT2D eigenvalue weighted by Crippen LogP contribution is 2.27. The number of nitrogens with zero attached hydrogens (tertiary/aromatic N) is 3. The van der Waals surface area contributed by atoms with E-state index in [-0.39, 0.29) is 22.2 Å². The van der Waals surface area contributed by atoms with Crippen molar-refractivity contribution in [2.45, 2.75) is 17.7 Å². The molecule has 9 heteroatoms. The summed E-state index contributed by atoms with van der Waals surface area (Å²) in [6.07, 6.45) is 1.68. The van der Waals surface area contributed by atoms with Crippen molar-refractivity contribution in [3.63, 3.8) is 0 Å². The third-order valence-electron chi connectivity index (χ3n) is 4.52. The average molecular weight is 418 g/mol. The van der Waals surface area contributed by atoms with Gasteiger partial charge in [-0.15, -0.1) is 10.2 Å². The van der Waals surface area contributed by atoms with Crippen LogP contribution in [0.4, 0.5) is 0 Å². The zero-order valence-corrected chi connectivity index (χ0v) is 16.3. The van der Waals surface area contributed by atoms with Crippen LogP contribution in [0.5, 0.6) is 0 Å². The first-order valence-electron chi connectivity index (χ1n) is 8.70. The standard InChI is InChI=1S/C19H16ClN3O4S/c20-16-9-2-1-8-15(16)18-21-22-19(27-18)17(24)13-6-5-7-14(12-13)28(25,26)23-10-3-4-11-23/h1-2,5-9,12H,3-4,10-11H2. The second kappa shape index (κ2) is 7.46. The van der Waals surface area contributed by atoms with E-state index in [9.17, 15) is 13.2 Å². The number of aromatic nitrogens is 2. The molecule has 0 aliphatic carbocycles. The Hall–Kier alpha value is -2.55. The number of hydrogen-bond acceptors (Lipinski definition) is 6. The first kappa shape index (κ1) is 18.8. The fourth-order valence-electron chi connectivity index (χ4n) is 3.06. The van der Waals surface area contributed by atoms with Gasteiger partial charge in [-0.1, -0.05) is 35.9 Å². The van der Waals surface area contributed by atoms with Gasteiger partial charge in [0, 0.05) is 18.7 Å². The number of carbonyl (C=O) groups is 1. The molecule has 0 unspecified atom stereocenters. The maximum atomic E-state index is 12.7. The van der Waals surface area contributed by atoms with E-state index < -0.39 is 15.8 Å². The maximum Gasteiger partial charge on any atom is 0.289 e. The lowest BCUT2D eigenvalue weighted by molar-refractivity contribution is 0.100. The van der Waals surface area contributed by atoms with E-state index in [2.05, 4.69) is 10.2 Å². The highest BCUT2D eigenvalue weighted by molar-refractivity contribution is 7.89. The third-order valence-corrected chi connectivity index (χ3v) is 6.75. The Bertz CT molecular complexity index is 1140. The molecule has 4 rings (SSSR count). The van der Waals surface area contributed by atoms with E-state index in [1.54, 1.807) is 24.3 Å². The Morgan fingerprint density at radius 2 is 1.79 bits per heavy atom. The van der Waals surface area contributed by atoms with E-state index in [0.717, 1.165) is 12.8 Å². The molecule has 28 heavy (non-hydrogen) atoms. The monoisotopic (exact) mass is 417 g/mol. The molecule has 1 aromatic heterocycles. The third kappa shape index (κ3) is 3.46. The summed E-state index contributed by atoms with van der Waals surface area (Å²) < 4.78 is 32.3. The molecule has 1 aliphatic rings. The van der Waals surface area contributed by atoms with Crippen LogP contribution in [0, 0.1) is 0 Å². The topological polar surface area (TPSA) is 93.4 Å². The summed E-state index contributed by atoms with van der Waals surface area (Å²) in [5, 5.41) is 8.09. The van der Waals surface area contributed by atoms with Gasteiger partial charge in [0.05, 0.1) is 15.5 Å². The van der Waals surface area contributed by atoms with Crippen molar-refractivity contribution in [3.05, 3.63) is 65.0 Å². The normalized spacial score (nSPS) is 15.0. The number of hydrogen-bond donors (Lipinski definition) is 0. The minimum atomic E-state index is -3.62. The summed E-state index contributed by atoms with van der Waals surface area (Å²) in [5.74, 6) is -0.662. The van der Waals surface area contributed by atoms with Crippen LogP contribution < -0.4 is 0 Å². The van der Waals surface area contributed by atoms with Gasteiger partial charge in [-0.05, 0) is 37.1 Å². The molecular formula is C19H16ClN3O4S. The van der Waals surface area contributed by atoms with Crippen LogP contribution in [0.3, 0.4) is 0 Å². The number of ketones is 1. The Labute approximate surface area is 167 Å². The molecule has 1 fully saturated rings. The molecule has 1 saturated heterocycles. The van der Waals surface area contributed by atoms with E-state index in [1.807, 2.05) is 0 Å². The summed E-state index contributed by atoms with van der Waals surface area (Å²) in [4.78, 5) is 12.8. The largest absolute Gasteiger partial charge is 0.413 e. The van der Waals surface area contributed by atoms with Crippen molar-refractivity contribution in [1.82, 2.24) is 14.5 Å². The molecule has 2 aromatic carbocycles. The van der Waals surface area contributed by atoms with Gasteiger partial charge in [0.1, 0.15) is 0 Å². The summed E-state index contributed by atoms with van der Waals surface area (Å²) in [6, 6.07) is 12.8. The average Bonchev–Trinajstić information content (AvgIpc) is 3.40. The van der Waals surface area contributed by atoms with Crippen molar-refractivity contribution in [3.8, 4) is 11.5 Å². The van der Waals surface area contributed by atoms with Crippen LogP contribution in [0.1, 0.15) is 29.1 Å². The number of rotatable bonds is 5. The Balaban J connectivity index is 1.64. The quantitative estimate of drug-likeness (QED) is 0.590. The SMILES string of the molecule is O=C(c1cccc(S(=O)(=O)N2CCCC2)c1)c1nnc(-c2ccccc2Cl)o1. The van der Waals surface area contributed by atoms with Gasteiger partial charge in [-0.2, -0.15) is 4.31 Å². The van der Waals surface area contributed by atoms with Crippen molar-refractivity contribution < 1.29 is 17.6 Å². The summed E-state index contributed by atoms with van der Waals surface area (Å²) in [6.45, 7) is 0.983. The number of sulfonamides is 1. The van der Waals surface area contributed by atoms with Crippen LogP contribution in [0.15, 0.2) is 57.8 Å². The van der Waals surface area contributed by atoms with Crippen molar-refractivity contribution in [2.24, 2.45) is 0 Å². The number of carbonyl (C=O) groups excluding carboxylic acids is 1. The summed E-state index contributed by atoms with van der Waals surface area (Å²) in [7, 11) is -3.62. The fraction of sp³-hybridized carbons (Fsp3) is 0.211. The number of halogens is 1. The first-order chi connectivity index (χ1) is 13.5. The molecule has 0 radical (unpaired) electrons. The maximum absolute atomic E-state index is 12.7. The molecule has 7 nitrogen and oxygen atoms in total. The zero-order valence-electron chi connectivity index (χ0n) is 14.7.